The van der Waals surface area contributed by atoms with Gasteiger partial charge in [0.15, 0.2) is 6.61 Å². The summed E-state index contributed by atoms with van der Waals surface area (Å²) in [5.41, 5.74) is 5.64. The number of hydrogen-bond donors (Lipinski definition) is 2. The van der Waals surface area contributed by atoms with Crippen LogP contribution in [0.4, 0.5) is 0 Å². The van der Waals surface area contributed by atoms with Crippen LogP contribution in [0.25, 0.3) is 11.3 Å². The summed E-state index contributed by atoms with van der Waals surface area (Å²) in [6.45, 7) is 1.86. The van der Waals surface area contributed by atoms with Gasteiger partial charge < -0.3 is 4.74 Å². The van der Waals surface area contributed by atoms with E-state index in [2.05, 4.69) is 25.9 Å². The van der Waals surface area contributed by atoms with Crippen LogP contribution in [0.2, 0.25) is 0 Å². The Labute approximate surface area is 144 Å². The van der Waals surface area contributed by atoms with Crippen LogP contribution in [0, 0.1) is 6.92 Å². The first-order chi connectivity index (χ1) is 12.2. The monoisotopic (exact) mass is 335 g/mol. The minimum atomic E-state index is -0.360. The van der Waals surface area contributed by atoms with Crippen LogP contribution in [0.15, 0.2) is 59.7 Å². The molecule has 3 aromatic rings. The summed E-state index contributed by atoms with van der Waals surface area (Å²) in [6, 6.07) is 17.0. The van der Waals surface area contributed by atoms with Crippen molar-refractivity contribution >= 4 is 12.1 Å². The number of nitrogens with zero attached hydrogens (tertiary/aromatic N) is 3. The van der Waals surface area contributed by atoms with Crippen molar-refractivity contribution in [3.8, 4) is 17.0 Å². The molecule has 0 saturated carbocycles. The molecule has 0 aliphatic rings. The Morgan fingerprint density at radius 1 is 1.16 bits per heavy atom. The lowest BCUT2D eigenvalue weighted by atomic mass is 10.1. The number of aromatic amines is 1. The fourth-order valence-corrected chi connectivity index (χ4v) is 2.12. The maximum atomic E-state index is 11.8. The third kappa shape index (κ3) is 4.51. The largest absolute Gasteiger partial charge is 0.484 e. The van der Waals surface area contributed by atoms with Gasteiger partial charge in [0.05, 0.1) is 6.21 Å². The Morgan fingerprint density at radius 3 is 2.68 bits per heavy atom. The van der Waals surface area contributed by atoms with Gasteiger partial charge in [-0.2, -0.15) is 20.5 Å². The molecule has 0 atom stereocenters. The number of H-pyrrole nitrogens is 1. The number of benzene rings is 2. The Morgan fingerprint density at radius 2 is 1.92 bits per heavy atom. The summed E-state index contributed by atoms with van der Waals surface area (Å²) >= 11 is 0. The van der Waals surface area contributed by atoms with E-state index >= 15 is 0 Å². The smallest absolute Gasteiger partial charge is 0.277 e. The summed E-state index contributed by atoms with van der Waals surface area (Å²) in [4.78, 5) is 11.8. The quantitative estimate of drug-likeness (QED) is 0.534. The molecule has 25 heavy (non-hydrogen) atoms. The molecular weight excluding hydrogens is 318 g/mol. The molecular formula is C18H17N5O2. The molecule has 1 heterocycles. The van der Waals surface area contributed by atoms with Gasteiger partial charge in [-0.3, -0.25) is 4.79 Å². The second kappa shape index (κ2) is 7.87. The van der Waals surface area contributed by atoms with E-state index in [0.717, 1.165) is 11.1 Å². The number of hydrazone groups is 1. The minimum absolute atomic E-state index is 0.120. The number of ether oxygens (including phenoxy) is 1. The van der Waals surface area contributed by atoms with Gasteiger partial charge in [0.1, 0.15) is 17.1 Å². The molecule has 0 saturated heterocycles. The number of aromatic nitrogens is 3. The predicted molar refractivity (Wildman–Crippen MR) is 94.2 cm³/mol. The lowest BCUT2D eigenvalue weighted by Crippen LogP contribution is -2.24. The van der Waals surface area contributed by atoms with Gasteiger partial charge >= 0.3 is 0 Å². The van der Waals surface area contributed by atoms with E-state index in [9.17, 15) is 4.79 Å². The molecule has 126 valence electrons. The van der Waals surface area contributed by atoms with E-state index in [4.69, 9.17) is 4.74 Å². The first-order valence-corrected chi connectivity index (χ1v) is 7.70. The lowest BCUT2D eigenvalue weighted by Gasteiger charge is -2.04. The average Bonchev–Trinajstić information content (AvgIpc) is 3.10. The van der Waals surface area contributed by atoms with E-state index in [0.29, 0.717) is 17.1 Å². The average molecular weight is 335 g/mol. The predicted octanol–water partition coefficient (Wildman–Crippen LogP) is 2.31. The van der Waals surface area contributed by atoms with Crippen LogP contribution in [0.5, 0.6) is 5.75 Å². The molecule has 2 N–H and O–H groups in total. The van der Waals surface area contributed by atoms with E-state index in [1.54, 1.807) is 0 Å². The van der Waals surface area contributed by atoms with E-state index < -0.39 is 0 Å². The molecule has 3 rings (SSSR count). The molecule has 2 aromatic carbocycles. The molecule has 0 aliphatic heterocycles. The highest BCUT2D eigenvalue weighted by atomic mass is 16.5. The standard InChI is InChI=1S/C18H17N5O2/c1-13-7-9-15(10-8-13)25-12-17(24)21-19-11-16-18(22-23-20-16)14-5-3-2-4-6-14/h2-11H,12H2,1H3,(H,21,24)(H,20,22,23)/b19-11-. The van der Waals surface area contributed by atoms with Crippen LogP contribution in [-0.4, -0.2) is 34.1 Å². The third-order valence-corrected chi connectivity index (χ3v) is 3.39. The zero-order valence-corrected chi connectivity index (χ0v) is 13.6. The first-order valence-electron chi connectivity index (χ1n) is 7.70. The summed E-state index contributed by atoms with van der Waals surface area (Å²) in [5.74, 6) is 0.272. The van der Waals surface area contributed by atoms with Crippen LogP contribution in [0.1, 0.15) is 11.3 Å². The summed E-state index contributed by atoms with van der Waals surface area (Å²) in [7, 11) is 0. The maximum absolute atomic E-state index is 11.8. The van der Waals surface area contributed by atoms with Gasteiger partial charge in [0, 0.05) is 5.56 Å². The van der Waals surface area contributed by atoms with Crippen LogP contribution in [-0.2, 0) is 4.79 Å². The van der Waals surface area contributed by atoms with Crippen molar-refractivity contribution < 1.29 is 9.53 Å². The molecule has 7 heteroatoms. The Bertz CT molecular complexity index is 857. The second-order valence-electron chi connectivity index (χ2n) is 5.32. The molecule has 0 aliphatic carbocycles. The molecule has 0 unspecified atom stereocenters. The van der Waals surface area contributed by atoms with Gasteiger partial charge in [0.2, 0.25) is 0 Å². The van der Waals surface area contributed by atoms with Gasteiger partial charge in [-0.1, -0.05) is 48.0 Å². The fraction of sp³-hybridized carbons (Fsp3) is 0.111. The molecule has 0 spiro atoms. The highest BCUT2D eigenvalue weighted by molar-refractivity contribution is 5.87. The van der Waals surface area contributed by atoms with Crippen molar-refractivity contribution in [1.82, 2.24) is 20.8 Å². The zero-order chi connectivity index (χ0) is 17.5. The Hall–Kier alpha value is -3.48. The molecule has 1 amide bonds. The number of nitrogens with one attached hydrogen (secondary N) is 2. The van der Waals surface area contributed by atoms with Crippen molar-refractivity contribution in [1.29, 1.82) is 0 Å². The van der Waals surface area contributed by atoms with Crippen LogP contribution in [0.3, 0.4) is 0 Å². The highest BCUT2D eigenvalue weighted by Gasteiger charge is 2.08. The Kier molecular flexibility index (Phi) is 5.16. The number of carbonyl (C=O) groups is 1. The van der Waals surface area contributed by atoms with Gasteiger partial charge in [-0.15, -0.1) is 0 Å². The topological polar surface area (TPSA) is 92.3 Å². The van der Waals surface area contributed by atoms with Crippen molar-refractivity contribution in [2.24, 2.45) is 5.10 Å². The minimum Gasteiger partial charge on any atom is -0.484 e. The first kappa shape index (κ1) is 16.4. The van der Waals surface area contributed by atoms with Crippen LogP contribution >= 0.6 is 0 Å². The fourth-order valence-electron chi connectivity index (χ4n) is 2.12. The molecule has 0 radical (unpaired) electrons. The van der Waals surface area contributed by atoms with Gasteiger partial charge in [-0.25, -0.2) is 5.43 Å². The van der Waals surface area contributed by atoms with E-state index in [1.807, 2.05) is 61.5 Å². The normalized spacial score (nSPS) is 10.8. The molecule has 1 aromatic heterocycles. The molecule has 0 bridgehead atoms. The molecule has 7 nitrogen and oxygen atoms in total. The van der Waals surface area contributed by atoms with Crippen LogP contribution < -0.4 is 10.2 Å². The summed E-state index contributed by atoms with van der Waals surface area (Å²) < 4.78 is 5.38. The number of aryl methyl sites for hydroxylation is 1. The van der Waals surface area contributed by atoms with Crippen molar-refractivity contribution in [3.63, 3.8) is 0 Å². The van der Waals surface area contributed by atoms with Crippen molar-refractivity contribution in [2.45, 2.75) is 6.92 Å². The maximum Gasteiger partial charge on any atom is 0.277 e. The number of hydrogen-bond acceptors (Lipinski definition) is 5. The summed E-state index contributed by atoms with van der Waals surface area (Å²) in [6.07, 6.45) is 1.44. The van der Waals surface area contributed by atoms with E-state index in [1.165, 1.54) is 6.21 Å². The molecule has 0 fully saturated rings. The van der Waals surface area contributed by atoms with Gasteiger partial charge in [-0.05, 0) is 19.1 Å². The zero-order valence-electron chi connectivity index (χ0n) is 13.6. The lowest BCUT2D eigenvalue weighted by molar-refractivity contribution is -0.123. The van der Waals surface area contributed by atoms with E-state index in [-0.39, 0.29) is 12.5 Å². The highest BCUT2D eigenvalue weighted by Crippen LogP contribution is 2.17. The third-order valence-electron chi connectivity index (χ3n) is 3.39. The van der Waals surface area contributed by atoms with Crippen molar-refractivity contribution in [2.75, 3.05) is 6.61 Å². The number of rotatable bonds is 6. The van der Waals surface area contributed by atoms with Crippen molar-refractivity contribution in [3.05, 3.63) is 65.9 Å². The SMILES string of the molecule is Cc1ccc(OCC(=O)N/N=C\c2n[nH]nc2-c2ccccc2)cc1. The number of carbonyl (C=O) groups excluding carboxylic acids is 1. The number of amides is 1. The Balaban J connectivity index is 1.54. The summed E-state index contributed by atoms with van der Waals surface area (Å²) in [5, 5.41) is 14.6. The second-order valence-corrected chi connectivity index (χ2v) is 5.32. The van der Waals surface area contributed by atoms with Gasteiger partial charge in [0.25, 0.3) is 5.91 Å².